The fraction of sp³-hybridized carbons (Fsp3) is 0.706. The number of carbonyl (C=O) groups excluding carboxylic acids is 2. The van der Waals surface area contributed by atoms with E-state index in [0.717, 1.165) is 25.8 Å². The van der Waals surface area contributed by atoms with E-state index >= 15 is 0 Å². The van der Waals surface area contributed by atoms with Crippen LogP contribution < -0.4 is 10.6 Å². The van der Waals surface area contributed by atoms with Gasteiger partial charge in [0.1, 0.15) is 6.54 Å². The number of amides is 2. The van der Waals surface area contributed by atoms with E-state index in [-0.39, 0.29) is 36.6 Å². The number of rotatable bonds is 4. The molecule has 1 aromatic heterocycles. The first-order valence-corrected chi connectivity index (χ1v) is 9.01. The Morgan fingerprint density at radius 2 is 2.08 bits per heavy atom. The third-order valence-electron chi connectivity index (χ3n) is 4.60. The molecule has 2 aliphatic heterocycles. The van der Waals surface area contributed by atoms with Gasteiger partial charge in [-0.25, -0.2) is 0 Å². The second-order valence-electron chi connectivity index (χ2n) is 6.97. The third-order valence-corrected chi connectivity index (χ3v) is 4.60. The fourth-order valence-corrected chi connectivity index (χ4v) is 3.44. The molecule has 3 rings (SSSR count). The van der Waals surface area contributed by atoms with E-state index in [0.29, 0.717) is 18.8 Å². The van der Waals surface area contributed by atoms with Crippen molar-refractivity contribution >= 4 is 17.5 Å². The molecule has 138 valence electrons. The summed E-state index contributed by atoms with van der Waals surface area (Å²) >= 11 is 0. The Hall–Kier alpha value is -1.93. The van der Waals surface area contributed by atoms with E-state index in [4.69, 9.17) is 4.74 Å². The average molecular weight is 349 g/mol. The number of morpholine rings is 1. The Balaban J connectivity index is 1.52. The molecule has 8 nitrogen and oxygen atoms in total. The SMILES string of the molecule is C[C@@H]1CN(C(=O)Cn2cc(NC(=O)[C@@H]3CCCCN3)cn2)C[C@@H](C)O1. The van der Waals surface area contributed by atoms with Gasteiger partial charge in [0.2, 0.25) is 11.8 Å². The van der Waals surface area contributed by atoms with Crippen LogP contribution in [0, 0.1) is 0 Å². The zero-order chi connectivity index (χ0) is 17.8. The largest absolute Gasteiger partial charge is 0.372 e. The Morgan fingerprint density at radius 3 is 2.76 bits per heavy atom. The van der Waals surface area contributed by atoms with Crippen LogP contribution in [0.15, 0.2) is 12.4 Å². The normalized spacial score (nSPS) is 27.1. The van der Waals surface area contributed by atoms with Crippen molar-refractivity contribution in [3.63, 3.8) is 0 Å². The van der Waals surface area contributed by atoms with Gasteiger partial charge in [0.05, 0.1) is 30.1 Å². The predicted molar refractivity (Wildman–Crippen MR) is 93.1 cm³/mol. The number of aromatic nitrogens is 2. The number of nitrogens with one attached hydrogen (secondary N) is 2. The van der Waals surface area contributed by atoms with E-state index < -0.39 is 0 Å². The molecule has 0 spiro atoms. The number of anilines is 1. The quantitative estimate of drug-likeness (QED) is 0.831. The summed E-state index contributed by atoms with van der Waals surface area (Å²) < 4.78 is 7.22. The Kier molecular flexibility index (Phi) is 5.70. The number of piperidine rings is 1. The Bertz CT molecular complexity index is 601. The number of nitrogens with zero attached hydrogens (tertiary/aromatic N) is 3. The molecule has 0 aliphatic carbocycles. The highest BCUT2D eigenvalue weighted by Gasteiger charge is 2.26. The van der Waals surface area contributed by atoms with Crippen LogP contribution in [0.1, 0.15) is 33.1 Å². The summed E-state index contributed by atoms with van der Waals surface area (Å²) in [6, 6.07) is -0.143. The van der Waals surface area contributed by atoms with Gasteiger partial charge in [-0.05, 0) is 33.2 Å². The van der Waals surface area contributed by atoms with Gasteiger partial charge in [0, 0.05) is 19.3 Å². The van der Waals surface area contributed by atoms with Gasteiger partial charge in [-0.1, -0.05) is 6.42 Å². The lowest BCUT2D eigenvalue weighted by atomic mass is 10.0. The summed E-state index contributed by atoms with van der Waals surface area (Å²) in [6.45, 7) is 6.18. The topological polar surface area (TPSA) is 88.5 Å². The van der Waals surface area contributed by atoms with E-state index in [9.17, 15) is 9.59 Å². The monoisotopic (exact) mass is 349 g/mol. The van der Waals surface area contributed by atoms with Crippen molar-refractivity contribution in [2.75, 3.05) is 25.0 Å². The zero-order valence-electron chi connectivity index (χ0n) is 14.9. The van der Waals surface area contributed by atoms with Crippen LogP contribution in [-0.4, -0.2) is 64.4 Å². The summed E-state index contributed by atoms with van der Waals surface area (Å²) in [5, 5.41) is 10.3. The van der Waals surface area contributed by atoms with E-state index in [2.05, 4.69) is 15.7 Å². The van der Waals surface area contributed by atoms with Crippen LogP contribution in [0.25, 0.3) is 0 Å². The summed E-state index contributed by atoms with van der Waals surface area (Å²) in [5.74, 6) is -0.0293. The number of hydrogen-bond acceptors (Lipinski definition) is 5. The van der Waals surface area contributed by atoms with Crippen LogP contribution in [0.4, 0.5) is 5.69 Å². The Morgan fingerprint density at radius 1 is 1.32 bits per heavy atom. The maximum Gasteiger partial charge on any atom is 0.244 e. The molecule has 0 saturated carbocycles. The van der Waals surface area contributed by atoms with Crippen LogP contribution >= 0.6 is 0 Å². The minimum Gasteiger partial charge on any atom is -0.372 e. The van der Waals surface area contributed by atoms with Crippen LogP contribution in [-0.2, 0) is 20.9 Å². The molecular formula is C17H27N5O3. The van der Waals surface area contributed by atoms with Crippen LogP contribution in [0.2, 0.25) is 0 Å². The molecule has 2 N–H and O–H groups in total. The summed E-state index contributed by atoms with van der Waals surface area (Å²) in [7, 11) is 0. The lowest BCUT2D eigenvalue weighted by molar-refractivity contribution is -0.144. The lowest BCUT2D eigenvalue weighted by Gasteiger charge is -2.35. The van der Waals surface area contributed by atoms with Crippen LogP contribution in [0.5, 0.6) is 0 Å². The minimum absolute atomic E-state index is 0.0110. The lowest BCUT2D eigenvalue weighted by Crippen LogP contribution is -2.49. The zero-order valence-corrected chi connectivity index (χ0v) is 14.9. The summed E-state index contributed by atoms with van der Waals surface area (Å²) in [4.78, 5) is 26.5. The van der Waals surface area contributed by atoms with Crippen molar-refractivity contribution in [3.05, 3.63) is 12.4 Å². The van der Waals surface area contributed by atoms with Gasteiger partial charge < -0.3 is 20.3 Å². The summed E-state index contributed by atoms with van der Waals surface area (Å²) in [6.07, 6.45) is 6.40. The molecule has 0 bridgehead atoms. The van der Waals surface area contributed by atoms with Crippen molar-refractivity contribution in [2.24, 2.45) is 0 Å². The van der Waals surface area contributed by atoms with Crippen molar-refractivity contribution in [2.45, 2.75) is 57.9 Å². The summed E-state index contributed by atoms with van der Waals surface area (Å²) in [5.41, 5.74) is 0.619. The van der Waals surface area contributed by atoms with E-state index in [1.165, 1.54) is 0 Å². The van der Waals surface area contributed by atoms with Gasteiger partial charge in [0.15, 0.2) is 0 Å². The smallest absolute Gasteiger partial charge is 0.244 e. The molecule has 25 heavy (non-hydrogen) atoms. The van der Waals surface area contributed by atoms with Gasteiger partial charge in [0.25, 0.3) is 0 Å². The molecule has 3 heterocycles. The first-order chi connectivity index (χ1) is 12.0. The minimum atomic E-state index is -0.143. The average Bonchev–Trinajstić information content (AvgIpc) is 3.01. The van der Waals surface area contributed by atoms with Gasteiger partial charge >= 0.3 is 0 Å². The molecule has 3 atom stereocenters. The number of hydrogen-bond donors (Lipinski definition) is 2. The maximum absolute atomic E-state index is 12.4. The van der Waals surface area contributed by atoms with E-state index in [1.54, 1.807) is 17.1 Å². The molecule has 0 unspecified atom stereocenters. The van der Waals surface area contributed by atoms with E-state index in [1.807, 2.05) is 18.7 Å². The predicted octanol–water partition coefficient (Wildman–Crippen LogP) is 0.600. The number of ether oxygens (including phenoxy) is 1. The highest BCUT2D eigenvalue weighted by molar-refractivity contribution is 5.94. The molecule has 2 amide bonds. The Labute approximate surface area is 147 Å². The van der Waals surface area contributed by atoms with Gasteiger partial charge in [-0.2, -0.15) is 5.10 Å². The number of carbonyl (C=O) groups is 2. The third kappa shape index (κ3) is 4.79. The van der Waals surface area contributed by atoms with Crippen molar-refractivity contribution in [1.82, 2.24) is 20.0 Å². The second-order valence-corrected chi connectivity index (χ2v) is 6.97. The molecule has 0 radical (unpaired) electrons. The molecule has 1 aromatic rings. The maximum atomic E-state index is 12.4. The van der Waals surface area contributed by atoms with Crippen molar-refractivity contribution in [1.29, 1.82) is 0 Å². The second kappa shape index (κ2) is 7.97. The van der Waals surface area contributed by atoms with Gasteiger partial charge in [-0.3, -0.25) is 14.3 Å². The molecule has 8 heteroatoms. The van der Waals surface area contributed by atoms with Gasteiger partial charge in [-0.15, -0.1) is 0 Å². The first-order valence-electron chi connectivity index (χ1n) is 9.01. The molecule has 2 fully saturated rings. The molecular weight excluding hydrogens is 322 g/mol. The fourth-order valence-electron chi connectivity index (χ4n) is 3.44. The standard InChI is InChI=1S/C17H27N5O3/c1-12-8-21(9-13(2)25-12)16(23)11-22-10-14(7-19-22)20-17(24)15-5-3-4-6-18-15/h7,10,12-13,15,18H,3-6,8-9,11H2,1-2H3,(H,20,24)/t12-,13-,15+/m1/s1. The molecule has 2 saturated heterocycles. The highest BCUT2D eigenvalue weighted by atomic mass is 16.5. The van der Waals surface area contributed by atoms with Crippen molar-refractivity contribution in [3.8, 4) is 0 Å². The molecule has 0 aromatic carbocycles. The van der Waals surface area contributed by atoms with Crippen LogP contribution in [0.3, 0.4) is 0 Å². The first kappa shape index (κ1) is 17.9. The highest BCUT2D eigenvalue weighted by Crippen LogP contribution is 2.13. The molecule has 2 aliphatic rings. The van der Waals surface area contributed by atoms with Crippen molar-refractivity contribution < 1.29 is 14.3 Å².